The number of hydrogen-bond acceptors (Lipinski definition) is 1. The molecule has 0 aliphatic rings. The van der Waals surface area contributed by atoms with E-state index in [-0.39, 0.29) is 18.5 Å². The van der Waals surface area contributed by atoms with Gasteiger partial charge in [-0.1, -0.05) is 20.3 Å². The van der Waals surface area contributed by atoms with E-state index in [0.717, 1.165) is 19.3 Å². The molecule has 0 aromatic rings. The van der Waals surface area contributed by atoms with Gasteiger partial charge in [-0.2, -0.15) is 0 Å². The van der Waals surface area contributed by atoms with E-state index in [2.05, 4.69) is 6.92 Å². The number of aliphatic hydroxyl groups excluding tert-OH is 1. The van der Waals surface area contributed by atoms with Crippen molar-refractivity contribution in [2.75, 3.05) is 0 Å². The van der Waals surface area contributed by atoms with Gasteiger partial charge in [0.15, 0.2) is 0 Å². The van der Waals surface area contributed by atoms with Gasteiger partial charge < -0.3 is 5.11 Å². The quantitative estimate of drug-likeness (QED) is 0.633. The highest BCUT2D eigenvalue weighted by atomic mass is 35.5. The fourth-order valence-corrected chi connectivity index (χ4v) is 0.537. The molecule has 0 saturated carbocycles. The van der Waals surface area contributed by atoms with Gasteiger partial charge in [0.05, 0.1) is 6.10 Å². The zero-order valence-electron chi connectivity index (χ0n) is 5.55. The molecule has 0 rings (SSSR count). The van der Waals surface area contributed by atoms with Crippen LogP contribution in [0.1, 0.15) is 33.1 Å². The first kappa shape index (κ1) is 11.1. The van der Waals surface area contributed by atoms with E-state index in [1.54, 1.807) is 0 Å². The van der Waals surface area contributed by atoms with Crippen LogP contribution in [0.2, 0.25) is 0 Å². The summed E-state index contributed by atoms with van der Waals surface area (Å²) >= 11 is 0. The lowest BCUT2D eigenvalue weighted by atomic mass is 10.2. The molecule has 8 heavy (non-hydrogen) atoms. The lowest BCUT2D eigenvalue weighted by Crippen LogP contribution is -2.01. The van der Waals surface area contributed by atoms with Gasteiger partial charge >= 0.3 is 0 Å². The maximum atomic E-state index is 8.86. The first-order valence-corrected chi connectivity index (χ1v) is 2.99. The van der Waals surface area contributed by atoms with Crippen molar-refractivity contribution in [3.05, 3.63) is 0 Å². The molecular weight excluding hydrogens is 124 g/mol. The minimum absolute atomic E-state index is 0. The van der Waals surface area contributed by atoms with Crippen LogP contribution in [0.3, 0.4) is 0 Å². The molecule has 0 aliphatic heterocycles. The summed E-state index contributed by atoms with van der Waals surface area (Å²) in [6.07, 6.45) is 2.89. The van der Waals surface area contributed by atoms with E-state index >= 15 is 0 Å². The predicted octanol–water partition coefficient (Wildman–Crippen LogP) is 1.98. The molecule has 0 heterocycles. The molecule has 0 spiro atoms. The molecule has 1 N–H and O–H groups in total. The monoisotopic (exact) mass is 138 g/mol. The Morgan fingerprint density at radius 2 is 1.88 bits per heavy atom. The fraction of sp³-hybridized carbons (Fsp3) is 1.00. The maximum absolute atomic E-state index is 8.86. The summed E-state index contributed by atoms with van der Waals surface area (Å²) in [5, 5.41) is 8.86. The summed E-state index contributed by atoms with van der Waals surface area (Å²) in [5.41, 5.74) is 0. The minimum Gasteiger partial charge on any atom is -0.393 e. The Bertz CT molecular complexity index is 39.5. The van der Waals surface area contributed by atoms with Crippen molar-refractivity contribution in [2.24, 2.45) is 0 Å². The predicted molar refractivity (Wildman–Crippen MR) is 38.5 cm³/mol. The summed E-state index contributed by atoms with van der Waals surface area (Å²) in [6, 6.07) is 0. The Hall–Kier alpha value is 0.250. The molecular formula is C6H15ClO. The van der Waals surface area contributed by atoms with E-state index in [1.807, 2.05) is 6.92 Å². The molecule has 0 aliphatic carbocycles. The van der Waals surface area contributed by atoms with Crippen LogP contribution in [0.4, 0.5) is 0 Å². The van der Waals surface area contributed by atoms with Crippen LogP contribution in [0.25, 0.3) is 0 Å². The highest BCUT2D eigenvalue weighted by molar-refractivity contribution is 5.85. The summed E-state index contributed by atoms with van der Waals surface area (Å²) in [6.45, 7) is 4.08. The van der Waals surface area contributed by atoms with Gasteiger partial charge in [0.1, 0.15) is 0 Å². The van der Waals surface area contributed by atoms with E-state index < -0.39 is 0 Å². The van der Waals surface area contributed by atoms with E-state index in [0.29, 0.717) is 0 Å². The fourth-order valence-electron chi connectivity index (χ4n) is 0.537. The van der Waals surface area contributed by atoms with Crippen LogP contribution >= 0.6 is 12.4 Å². The standard InChI is InChI=1S/C6H14O.ClH/c1-3-5-6(7)4-2;/h6-7H,3-5H2,1-2H3;1H. The molecule has 1 unspecified atom stereocenters. The molecule has 1 nitrogen and oxygen atoms in total. The largest absolute Gasteiger partial charge is 0.393 e. The Kier molecular flexibility index (Phi) is 10.1. The number of aliphatic hydroxyl groups is 1. The molecule has 0 amide bonds. The zero-order chi connectivity index (χ0) is 5.70. The second-order valence-electron chi connectivity index (χ2n) is 1.85. The van der Waals surface area contributed by atoms with Gasteiger partial charge in [-0.25, -0.2) is 0 Å². The zero-order valence-corrected chi connectivity index (χ0v) is 6.37. The highest BCUT2D eigenvalue weighted by Gasteiger charge is 1.94. The molecule has 0 aromatic heterocycles. The van der Waals surface area contributed by atoms with Gasteiger partial charge in [-0.05, 0) is 12.8 Å². The van der Waals surface area contributed by atoms with Gasteiger partial charge in [0.25, 0.3) is 0 Å². The summed E-state index contributed by atoms with van der Waals surface area (Å²) in [4.78, 5) is 0. The van der Waals surface area contributed by atoms with Crippen LogP contribution in [-0.2, 0) is 0 Å². The van der Waals surface area contributed by atoms with E-state index in [4.69, 9.17) is 5.11 Å². The lowest BCUT2D eigenvalue weighted by Gasteiger charge is -2.01. The molecule has 2 heteroatoms. The summed E-state index contributed by atoms with van der Waals surface area (Å²) in [7, 11) is 0. The Morgan fingerprint density at radius 3 is 2.00 bits per heavy atom. The van der Waals surface area contributed by atoms with E-state index in [9.17, 15) is 0 Å². The lowest BCUT2D eigenvalue weighted by molar-refractivity contribution is 0.159. The second kappa shape index (κ2) is 7.25. The van der Waals surface area contributed by atoms with Crippen LogP contribution in [-0.4, -0.2) is 11.2 Å². The molecule has 52 valence electrons. The number of hydrogen-bond donors (Lipinski definition) is 1. The normalized spacial score (nSPS) is 12.4. The van der Waals surface area contributed by atoms with Crippen molar-refractivity contribution in [2.45, 2.75) is 39.2 Å². The summed E-state index contributed by atoms with van der Waals surface area (Å²) < 4.78 is 0. The highest BCUT2D eigenvalue weighted by Crippen LogP contribution is 1.98. The molecule has 0 aromatic carbocycles. The van der Waals surface area contributed by atoms with Crippen molar-refractivity contribution in [1.82, 2.24) is 0 Å². The van der Waals surface area contributed by atoms with Crippen molar-refractivity contribution in [3.63, 3.8) is 0 Å². The Labute approximate surface area is 57.5 Å². The maximum Gasteiger partial charge on any atom is 0.0537 e. The average molecular weight is 139 g/mol. The van der Waals surface area contributed by atoms with Crippen molar-refractivity contribution < 1.29 is 5.11 Å². The van der Waals surface area contributed by atoms with Gasteiger partial charge in [-0.3, -0.25) is 0 Å². The molecule has 0 fully saturated rings. The van der Waals surface area contributed by atoms with Crippen LogP contribution < -0.4 is 0 Å². The van der Waals surface area contributed by atoms with Crippen molar-refractivity contribution in [1.29, 1.82) is 0 Å². The van der Waals surface area contributed by atoms with Crippen molar-refractivity contribution >= 4 is 12.4 Å². The van der Waals surface area contributed by atoms with Gasteiger partial charge in [-0.15, -0.1) is 12.4 Å². The Morgan fingerprint density at radius 1 is 1.38 bits per heavy atom. The smallest absolute Gasteiger partial charge is 0.0537 e. The molecule has 0 radical (unpaired) electrons. The third-order valence-electron chi connectivity index (χ3n) is 1.09. The molecule has 0 bridgehead atoms. The third kappa shape index (κ3) is 6.25. The van der Waals surface area contributed by atoms with Crippen LogP contribution in [0.15, 0.2) is 0 Å². The Balaban J connectivity index is 0. The van der Waals surface area contributed by atoms with E-state index in [1.165, 1.54) is 0 Å². The number of rotatable bonds is 3. The number of halogens is 1. The van der Waals surface area contributed by atoms with Gasteiger partial charge in [0, 0.05) is 0 Å². The van der Waals surface area contributed by atoms with Crippen LogP contribution in [0.5, 0.6) is 0 Å². The minimum atomic E-state index is -0.0509. The van der Waals surface area contributed by atoms with Crippen LogP contribution in [0, 0.1) is 0 Å². The molecule has 1 atom stereocenters. The first-order chi connectivity index (χ1) is 3.31. The third-order valence-corrected chi connectivity index (χ3v) is 1.09. The second-order valence-corrected chi connectivity index (χ2v) is 1.85. The average Bonchev–Trinajstić information content (AvgIpc) is 1.68. The van der Waals surface area contributed by atoms with Gasteiger partial charge in [0.2, 0.25) is 0 Å². The first-order valence-electron chi connectivity index (χ1n) is 2.99. The topological polar surface area (TPSA) is 20.2 Å². The summed E-state index contributed by atoms with van der Waals surface area (Å²) in [5.74, 6) is 0. The van der Waals surface area contributed by atoms with Crippen molar-refractivity contribution in [3.8, 4) is 0 Å². The SMILES string of the molecule is CCCC(O)CC.Cl. The molecule has 0 saturated heterocycles.